The van der Waals surface area contributed by atoms with Crippen molar-refractivity contribution >= 4 is 34.7 Å². The molecule has 9 N–H and O–H groups in total. The van der Waals surface area contributed by atoms with E-state index in [1.807, 2.05) is 60.8 Å². The van der Waals surface area contributed by atoms with Gasteiger partial charge in [-0.2, -0.15) is 0 Å². The Hall–Kier alpha value is -4.54. The van der Waals surface area contributed by atoms with Crippen LogP contribution in [-0.4, -0.2) is 65.4 Å². The number of rotatable bonds is 19. The van der Waals surface area contributed by atoms with Gasteiger partial charge in [-0.05, 0) is 49.3 Å². The van der Waals surface area contributed by atoms with Crippen LogP contribution in [0.25, 0.3) is 10.9 Å². The minimum absolute atomic E-state index is 0.157. The van der Waals surface area contributed by atoms with Crippen LogP contribution in [0, 0.1) is 11.8 Å². The normalized spacial score (nSPS) is 12.3. The van der Waals surface area contributed by atoms with E-state index >= 15 is 0 Å². The number of unbranched alkanes of at least 4 members (excludes halogenated alkanes) is 3. The van der Waals surface area contributed by atoms with E-state index in [0.29, 0.717) is 38.8 Å². The maximum atomic E-state index is 13.8. The molecule has 1 radical (unpaired) electrons. The van der Waals surface area contributed by atoms with E-state index in [-0.39, 0.29) is 24.3 Å². The number of nitrogens with two attached hydrogens (primary N) is 2. The highest BCUT2D eigenvalue weighted by molar-refractivity contribution is 5.91. The summed E-state index contributed by atoms with van der Waals surface area (Å²) in [5, 5.41) is 17.2. The molecule has 2 atom stereocenters. The van der Waals surface area contributed by atoms with Crippen LogP contribution >= 0.6 is 0 Å². The Morgan fingerprint density at radius 3 is 2.45 bits per heavy atom. The molecule has 3 rings (SSSR count). The number of carbonyl (C=O) groups is 3. The molecule has 0 spiro atoms. The zero-order valence-corrected chi connectivity index (χ0v) is 25.6. The minimum Gasteiger partial charge on any atom is -0.370 e. The molecule has 0 fully saturated rings. The van der Waals surface area contributed by atoms with Crippen LogP contribution in [-0.2, 0) is 22.4 Å². The van der Waals surface area contributed by atoms with Crippen molar-refractivity contribution in [3.8, 4) is 0 Å². The van der Waals surface area contributed by atoms with Crippen molar-refractivity contribution in [2.45, 2.75) is 70.4 Å². The monoisotopic (exact) mass is 603 g/mol. The quantitative estimate of drug-likeness (QED) is 0.0629. The number of hydrogen-bond acceptors (Lipinski definition) is 4. The molecule has 11 heteroatoms. The smallest absolute Gasteiger partial charge is 0.314 e. The Kier molecular flexibility index (Phi) is 14.0. The zero-order chi connectivity index (χ0) is 31.7. The summed E-state index contributed by atoms with van der Waals surface area (Å²) >= 11 is 0. The van der Waals surface area contributed by atoms with Gasteiger partial charge < -0.3 is 37.3 Å². The molecule has 4 amide bonds. The summed E-state index contributed by atoms with van der Waals surface area (Å²) in [5.74, 6) is -0.860. The molecular formula is C33H47N8O3. The van der Waals surface area contributed by atoms with Crippen LogP contribution in [0.15, 0.2) is 60.8 Å². The molecule has 0 aliphatic rings. The number of carbonyl (C=O) groups excluding carboxylic acids is 3. The van der Waals surface area contributed by atoms with Gasteiger partial charge in [-0.3, -0.25) is 15.0 Å². The summed E-state index contributed by atoms with van der Waals surface area (Å²) in [6, 6.07) is 15.7. The number of guanidine groups is 1. The van der Waals surface area contributed by atoms with Gasteiger partial charge in [-0.15, -0.1) is 0 Å². The number of aromatic amines is 1. The highest BCUT2D eigenvalue weighted by Crippen LogP contribution is 2.20. The molecule has 2 aromatic carbocycles. The van der Waals surface area contributed by atoms with Crippen molar-refractivity contribution in [2.24, 2.45) is 11.5 Å². The molecular weight excluding hydrogens is 556 g/mol. The average Bonchev–Trinajstić information content (AvgIpc) is 3.41. The van der Waals surface area contributed by atoms with E-state index in [2.05, 4.69) is 27.9 Å². The van der Waals surface area contributed by atoms with Crippen LogP contribution in [0.4, 0.5) is 4.79 Å². The first kappa shape index (κ1) is 34.0. The number of nitrogens with zero attached hydrogens (tertiary/aromatic N) is 1. The third-order valence-corrected chi connectivity index (χ3v) is 7.51. The van der Waals surface area contributed by atoms with Crippen LogP contribution in [0.2, 0.25) is 0 Å². The summed E-state index contributed by atoms with van der Waals surface area (Å²) < 4.78 is 0. The van der Waals surface area contributed by atoms with Gasteiger partial charge >= 0.3 is 6.03 Å². The first-order valence-electron chi connectivity index (χ1n) is 15.4. The maximum absolute atomic E-state index is 13.8. The van der Waals surface area contributed by atoms with E-state index in [9.17, 15) is 14.4 Å². The third kappa shape index (κ3) is 11.6. The molecule has 44 heavy (non-hydrogen) atoms. The number of amides is 4. The van der Waals surface area contributed by atoms with Crippen molar-refractivity contribution in [3.63, 3.8) is 0 Å². The van der Waals surface area contributed by atoms with E-state index in [4.69, 9.17) is 16.9 Å². The van der Waals surface area contributed by atoms with E-state index in [1.165, 1.54) is 6.42 Å². The van der Waals surface area contributed by atoms with Crippen molar-refractivity contribution in [2.75, 3.05) is 19.6 Å². The van der Waals surface area contributed by atoms with Gasteiger partial charge in [0.1, 0.15) is 6.04 Å². The molecule has 0 saturated heterocycles. The molecule has 0 aliphatic heterocycles. The second kappa shape index (κ2) is 18.2. The molecule has 0 bridgehead atoms. The van der Waals surface area contributed by atoms with Crippen molar-refractivity contribution < 1.29 is 14.4 Å². The van der Waals surface area contributed by atoms with E-state index in [1.54, 1.807) is 4.90 Å². The van der Waals surface area contributed by atoms with Gasteiger partial charge in [0.05, 0.1) is 12.5 Å². The Bertz CT molecular complexity index is 1340. The third-order valence-electron chi connectivity index (χ3n) is 7.51. The predicted octanol–water partition coefficient (Wildman–Crippen LogP) is 3.35. The summed E-state index contributed by atoms with van der Waals surface area (Å²) in [5.41, 5.74) is 14.2. The van der Waals surface area contributed by atoms with Crippen molar-refractivity contribution in [3.05, 3.63) is 78.3 Å². The summed E-state index contributed by atoms with van der Waals surface area (Å²) in [7, 11) is 0. The van der Waals surface area contributed by atoms with Crippen LogP contribution in [0.5, 0.6) is 0 Å². The predicted molar refractivity (Wildman–Crippen MR) is 175 cm³/mol. The molecule has 0 saturated carbocycles. The van der Waals surface area contributed by atoms with Crippen molar-refractivity contribution in [1.82, 2.24) is 25.8 Å². The summed E-state index contributed by atoms with van der Waals surface area (Å²) in [6.07, 6.45) is 9.12. The second-order valence-electron chi connectivity index (χ2n) is 11.1. The average molecular weight is 604 g/mol. The number of urea groups is 1. The van der Waals surface area contributed by atoms with E-state index < -0.39 is 18.1 Å². The van der Waals surface area contributed by atoms with Gasteiger partial charge in [0.25, 0.3) is 0 Å². The van der Waals surface area contributed by atoms with E-state index in [0.717, 1.165) is 47.7 Å². The summed E-state index contributed by atoms with van der Waals surface area (Å²) in [4.78, 5) is 44.0. The number of primary amides is 1. The number of benzene rings is 2. The van der Waals surface area contributed by atoms with Gasteiger partial charge in [-0.25, -0.2) is 4.79 Å². The minimum atomic E-state index is -0.833. The lowest BCUT2D eigenvalue weighted by Crippen LogP contribution is -2.54. The Morgan fingerprint density at radius 2 is 1.73 bits per heavy atom. The molecule has 2 unspecified atom stereocenters. The molecule has 11 nitrogen and oxygen atoms in total. The number of nitrogens with one attached hydrogen (secondary N) is 5. The maximum Gasteiger partial charge on any atom is 0.314 e. The van der Waals surface area contributed by atoms with Gasteiger partial charge in [0, 0.05) is 36.7 Å². The van der Waals surface area contributed by atoms with Gasteiger partial charge in [0.2, 0.25) is 11.8 Å². The van der Waals surface area contributed by atoms with Gasteiger partial charge in [0.15, 0.2) is 5.96 Å². The fourth-order valence-electron chi connectivity index (χ4n) is 5.17. The number of hydrogen-bond donors (Lipinski definition) is 7. The number of para-hydroxylation sites is 1. The molecule has 1 aromatic heterocycles. The Balaban J connectivity index is 1.76. The van der Waals surface area contributed by atoms with Crippen LogP contribution in [0.1, 0.15) is 56.6 Å². The largest absolute Gasteiger partial charge is 0.370 e. The standard InChI is InChI=1S/C33H47N8O3/c1-2-3-4-10-20-41(33(36)44)23-26(21-25-22-38-28-15-9-8-14-27(25)28)39-31(43)29(16-11-19-37-32(34)35)40-30(42)18-17-24-12-6-5-7-13-24/h5-9,12-15,18,22,26,29,38H,2-4,10-11,16-17,19-21,23H2,1H3,(H2,36,44)(H,39,43)(H,40,42)(H4,34,35,37). The summed E-state index contributed by atoms with van der Waals surface area (Å²) in [6.45, 7) is 3.25. The molecule has 3 aromatic rings. The van der Waals surface area contributed by atoms with Gasteiger partial charge in [-0.1, -0.05) is 74.7 Å². The van der Waals surface area contributed by atoms with Crippen molar-refractivity contribution in [1.29, 1.82) is 5.41 Å². The lowest BCUT2D eigenvalue weighted by molar-refractivity contribution is -0.128. The molecule has 0 aliphatic carbocycles. The Morgan fingerprint density at radius 1 is 0.977 bits per heavy atom. The lowest BCUT2D eigenvalue weighted by Gasteiger charge is -2.29. The first-order chi connectivity index (χ1) is 21.3. The lowest BCUT2D eigenvalue weighted by atomic mass is 10.0. The Labute approximate surface area is 260 Å². The topological polar surface area (TPSA) is 182 Å². The van der Waals surface area contributed by atoms with Crippen LogP contribution < -0.4 is 27.4 Å². The number of aromatic nitrogens is 1. The number of H-pyrrole nitrogens is 1. The SMILES string of the molecule is CCCCCCN(CC(Cc1c[nH]c2ccccc12)NC(=O)C(CCCNC(=N)N)NC(=O)[CH]Cc1ccccc1)C(N)=O. The molecule has 1 heterocycles. The zero-order valence-electron chi connectivity index (χ0n) is 25.6. The highest BCUT2D eigenvalue weighted by Gasteiger charge is 2.26. The fraction of sp³-hybridized carbons (Fsp3) is 0.424. The molecule has 237 valence electrons. The highest BCUT2D eigenvalue weighted by atomic mass is 16.2. The fourth-order valence-corrected chi connectivity index (χ4v) is 5.17. The number of fused-ring (bicyclic) bond motifs is 1. The second-order valence-corrected chi connectivity index (χ2v) is 11.1. The first-order valence-corrected chi connectivity index (χ1v) is 15.4. The van der Waals surface area contributed by atoms with Crippen LogP contribution in [0.3, 0.4) is 0 Å².